The van der Waals surface area contributed by atoms with Crippen LogP contribution in [0.15, 0.2) is 22.0 Å². The number of Topliss-reactive ketones (excluding diaryl/α,β-unsaturated/α-hetero) is 1. The van der Waals surface area contributed by atoms with E-state index in [-0.39, 0.29) is 12.4 Å². The number of halogens is 1. The third-order valence-electron chi connectivity index (χ3n) is 3.14. The number of aromatic nitrogens is 2. The van der Waals surface area contributed by atoms with Gasteiger partial charge >= 0.3 is 5.97 Å². The minimum Gasteiger partial charge on any atom is -0.454 e. The lowest BCUT2D eigenvalue weighted by Crippen LogP contribution is -2.11. The Kier molecular flexibility index (Phi) is 5.31. The molecule has 116 valence electrons. The Morgan fingerprint density at radius 1 is 1.41 bits per heavy atom. The second-order valence-electron chi connectivity index (χ2n) is 4.68. The number of hydrogen-bond donors (Lipinski definition) is 0. The smallest absolute Gasteiger partial charge is 0.331 e. The maximum Gasteiger partial charge on any atom is 0.331 e. The molecule has 0 saturated carbocycles. The molecule has 2 rings (SSSR count). The number of hydrogen-bond acceptors (Lipinski definition) is 5. The molecule has 0 atom stereocenters. The van der Waals surface area contributed by atoms with Gasteiger partial charge in [0.25, 0.3) is 0 Å². The highest BCUT2D eigenvalue weighted by Gasteiger charge is 2.11. The van der Waals surface area contributed by atoms with Gasteiger partial charge in [-0.1, -0.05) is 0 Å². The number of ether oxygens (including phenoxy) is 1. The maximum absolute atomic E-state index is 11.8. The van der Waals surface area contributed by atoms with Gasteiger partial charge in [-0.25, -0.2) is 4.79 Å². The van der Waals surface area contributed by atoms with E-state index in [9.17, 15) is 9.59 Å². The highest BCUT2D eigenvalue weighted by Crippen LogP contribution is 2.22. The number of carbonyl (C=O) groups excluding carboxylic acids is 2. The lowest BCUT2D eigenvalue weighted by atomic mass is 10.2. The second-order valence-corrected chi connectivity index (χ2v) is 7.14. The largest absolute Gasteiger partial charge is 0.454 e. The molecule has 0 aliphatic heterocycles. The SMILES string of the molecule is Cc1nn(C)c(C)c1/C=C/C(=O)OCC(=O)c1ccc(Br)s1. The van der Waals surface area contributed by atoms with Crippen molar-refractivity contribution >= 4 is 45.1 Å². The lowest BCUT2D eigenvalue weighted by Gasteiger charge is -1.99. The molecular weight excluding hydrogens is 368 g/mol. The summed E-state index contributed by atoms with van der Waals surface area (Å²) in [4.78, 5) is 24.1. The molecule has 2 aromatic heterocycles. The average molecular weight is 383 g/mol. The molecule has 0 spiro atoms. The van der Waals surface area contributed by atoms with Crippen LogP contribution in [0.3, 0.4) is 0 Å². The van der Waals surface area contributed by atoms with Crippen molar-refractivity contribution in [2.75, 3.05) is 6.61 Å². The second kappa shape index (κ2) is 7.02. The Bertz CT molecular complexity index is 746. The first-order valence-electron chi connectivity index (χ1n) is 6.52. The minimum atomic E-state index is -0.549. The van der Waals surface area contributed by atoms with Crippen LogP contribution in [0.25, 0.3) is 6.08 Å². The van der Waals surface area contributed by atoms with E-state index in [2.05, 4.69) is 21.0 Å². The molecule has 0 aliphatic carbocycles. The Morgan fingerprint density at radius 2 is 2.14 bits per heavy atom. The summed E-state index contributed by atoms with van der Waals surface area (Å²) >= 11 is 4.60. The summed E-state index contributed by atoms with van der Waals surface area (Å²) in [6, 6.07) is 3.48. The van der Waals surface area contributed by atoms with Crippen LogP contribution in [-0.2, 0) is 16.6 Å². The van der Waals surface area contributed by atoms with Crippen molar-refractivity contribution in [1.29, 1.82) is 0 Å². The summed E-state index contributed by atoms with van der Waals surface area (Å²) in [6.07, 6.45) is 2.97. The predicted octanol–water partition coefficient (Wildman–Crippen LogP) is 3.30. The van der Waals surface area contributed by atoms with Crippen molar-refractivity contribution in [2.24, 2.45) is 7.05 Å². The Hall–Kier alpha value is -1.73. The average Bonchev–Trinajstić information content (AvgIpc) is 3.00. The summed E-state index contributed by atoms with van der Waals surface area (Å²) in [7, 11) is 1.84. The van der Waals surface area contributed by atoms with Crippen molar-refractivity contribution in [3.63, 3.8) is 0 Å². The summed E-state index contributed by atoms with van der Waals surface area (Å²) in [5, 5.41) is 4.26. The summed E-state index contributed by atoms with van der Waals surface area (Å²) in [6.45, 7) is 3.53. The molecule has 0 aromatic carbocycles. The topological polar surface area (TPSA) is 61.2 Å². The number of thiophene rings is 1. The number of esters is 1. The van der Waals surface area contributed by atoms with Crippen molar-refractivity contribution in [1.82, 2.24) is 9.78 Å². The van der Waals surface area contributed by atoms with Crippen LogP contribution in [-0.4, -0.2) is 28.1 Å². The first-order chi connectivity index (χ1) is 10.4. The maximum atomic E-state index is 11.8. The first-order valence-corrected chi connectivity index (χ1v) is 8.13. The fourth-order valence-electron chi connectivity index (χ4n) is 1.90. The number of ketones is 1. The van der Waals surface area contributed by atoms with Gasteiger partial charge in [-0.15, -0.1) is 11.3 Å². The van der Waals surface area contributed by atoms with Crippen molar-refractivity contribution in [2.45, 2.75) is 13.8 Å². The van der Waals surface area contributed by atoms with Gasteiger partial charge in [-0.2, -0.15) is 5.10 Å². The fourth-order valence-corrected chi connectivity index (χ4v) is 3.21. The molecule has 2 heterocycles. The Morgan fingerprint density at radius 3 is 2.68 bits per heavy atom. The first kappa shape index (κ1) is 16.6. The molecule has 0 saturated heterocycles. The van der Waals surface area contributed by atoms with E-state index in [1.54, 1.807) is 22.9 Å². The van der Waals surface area contributed by atoms with Crippen LogP contribution in [0.1, 0.15) is 26.6 Å². The standard InChI is InChI=1S/C15H15BrN2O3S/c1-9-11(10(2)18(3)17-9)4-7-15(20)21-8-12(19)13-5-6-14(16)22-13/h4-7H,8H2,1-3H3/b7-4+. The molecule has 5 nitrogen and oxygen atoms in total. The third kappa shape index (κ3) is 3.92. The van der Waals surface area contributed by atoms with E-state index in [4.69, 9.17) is 4.74 Å². The van der Waals surface area contributed by atoms with E-state index in [1.807, 2.05) is 20.9 Å². The lowest BCUT2D eigenvalue weighted by molar-refractivity contribution is -0.136. The van der Waals surface area contributed by atoms with Gasteiger partial charge in [0.2, 0.25) is 5.78 Å². The number of aryl methyl sites for hydroxylation is 2. The zero-order valence-electron chi connectivity index (χ0n) is 12.4. The van der Waals surface area contributed by atoms with Crippen LogP contribution in [0.5, 0.6) is 0 Å². The molecule has 0 aliphatic rings. The van der Waals surface area contributed by atoms with Crippen LogP contribution in [0.2, 0.25) is 0 Å². The van der Waals surface area contributed by atoms with Gasteiger partial charge in [0.15, 0.2) is 6.61 Å². The molecular formula is C15H15BrN2O3S. The third-order valence-corrected chi connectivity index (χ3v) is 4.81. The highest BCUT2D eigenvalue weighted by atomic mass is 79.9. The molecule has 0 fully saturated rings. The summed E-state index contributed by atoms with van der Waals surface area (Å²) in [5.41, 5.74) is 2.68. The number of carbonyl (C=O) groups is 2. The zero-order chi connectivity index (χ0) is 16.3. The van der Waals surface area contributed by atoms with Gasteiger partial charge in [0.05, 0.1) is 14.4 Å². The summed E-state index contributed by atoms with van der Waals surface area (Å²) < 4.78 is 7.58. The van der Waals surface area contributed by atoms with E-state index >= 15 is 0 Å². The normalized spacial score (nSPS) is 11.1. The molecule has 7 heteroatoms. The molecule has 0 N–H and O–H groups in total. The molecule has 2 aromatic rings. The van der Waals surface area contributed by atoms with Gasteiger partial charge in [0, 0.05) is 24.4 Å². The van der Waals surface area contributed by atoms with E-state index in [0.29, 0.717) is 4.88 Å². The van der Waals surface area contributed by atoms with Crippen LogP contribution in [0.4, 0.5) is 0 Å². The van der Waals surface area contributed by atoms with E-state index in [1.165, 1.54) is 17.4 Å². The van der Waals surface area contributed by atoms with Crippen LogP contribution >= 0.6 is 27.3 Å². The van der Waals surface area contributed by atoms with Gasteiger partial charge in [-0.05, 0) is 48.0 Å². The molecule has 22 heavy (non-hydrogen) atoms. The quantitative estimate of drug-likeness (QED) is 0.452. The van der Waals surface area contributed by atoms with Gasteiger partial charge in [-0.3, -0.25) is 9.48 Å². The number of rotatable bonds is 5. The number of nitrogens with zero attached hydrogens (tertiary/aromatic N) is 2. The van der Waals surface area contributed by atoms with Crippen molar-refractivity contribution < 1.29 is 14.3 Å². The van der Waals surface area contributed by atoms with Crippen LogP contribution < -0.4 is 0 Å². The minimum absolute atomic E-state index is 0.216. The van der Waals surface area contributed by atoms with E-state index in [0.717, 1.165) is 20.7 Å². The van der Waals surface area contributed by atoms with Gasteiger partial charge in [0.1, 0.15) is 0 Å². The summed E-state index contributed by atoms with van der Waals surface area (Å²) in [5.74, 6) is -0.766. The van der Waals surface area contributed by atoms with Crippen molar-refractivity contribution in [3.8, 4) is 0 Å². The fraction of sp³-hybridized carbons (Fsp3) is 0.267. The Balaban J connectivity index is 1.93. The molecule has 0 amide bonds. The molecule has 0 unspecified atom stereocenters. The predicted molar refractivity (Wildman–Crippen MR) is 89.0 cm³/mol. The molecule has 0 bridgehead atoms. The van der Waals surface area contributed by atoms with Crippen LogP contribution in [0, 0.1) is 13.8 Å². The zero-order valence-corrected chi connectivity index (χ0v) is 14.8. The Labute approximate surface area is 140 Å². The monoisotopic (exact) mass is 382 g/mol. The molecule has 0 radical (unpaired) electrons. The van der Waals surface area contributed by atoms with E-state index < -0.39 is 5.97 Å². The highest BCUT2D eigenvalue weighted by molar-refractivity contribution is 9.11. The van der Waals surface area contributed by atoms with Crippen molar-refractivity contribution in [3.05, 3.63) is 43.8 Å². The van der Waals surface area contributed by atoms with Gasteiger partial charge < -0.3 is 4.74 Å².